The van der Waals surface area contributed by atoms with Gasteiger partial charge in [-0.15, -0.1) is 11.8 Å². The van der Waals surface area contributed by atoms with E-state index in [0.29, 0.717) is 5.75 Å². The zero-order chi connectivity index (χ0) is 13.5. The summed E-state index contributed by atoms with van der Waals surface area (Å²) >= 11 is 1.55. The Bertz CT molecular complexity index is 376. The van der Waals surface area contributed by atoms with E-state index in [1.165, 1.54) is 0 Å². The first-order valence-electron chi connectivity index (χ1n) is 6.30. The second-order valence-electron chi connectivity index (χ2n) is 4.59. The van der Waals surface area contributed by atoms with Gasteiger partial charge in [-0.3, -0.25) is 4.79 Å². The molecule has 0 fully saturated rings. The molecule has 3 nitrogen and oxygen atoms in total. The molecule has 0 radical (unpaired) electrons. The first kappa shape index (κ1) is 15.1. The fourth-order valence-electron chi connectivity index (χ4n) is 1.56. The second kappa shape index (κ2) is 7.44. The minimum atomic E-state index is 0.0735. The Kier molecular flexibility index (Phi) is 6.22. The molecule has 0 aliphatic heterocycles. The van der Waals surface area contributed by atoms with Gasteiger partial charge in [0, 0.05) is 17.0 Å². The number of carbonyl (C=O) groups excluding carboxylic acids is 1. The lowest BCUT2D eigenvalue weighted by Crippen LogP contribution is -2.31. The zero-order valence-corrected chi connectivity index (χ0v) is 12.1. The molecule has 0 unspecified atom stereocenters. The van der Waals surface area contributed by atoms with Crippen molar-refractivity contribution < 1.29 is 4.79 Å². The van der Waals surface area contributed by atoms with Gasteiger partial charge in [0.1, 0.15) is 0 Å². The molecule has 3 N–H and O–H groups in total. The highest BCUT2D eigenvalue weighted by atomic mass is 32.2. The van der Waals surface area contributed by atoms with Crippen molar-refractivity contribution in [2.24, 2.45) is 5.73 Å². The van der Waals surface area contributed by atoms with Crippen LogP contribution in [0, 0.1) is 0 Å². The van der Waals surface area contributed by atoms with Gasteiger partial charge >= 0.3 is 0 Å². The summed E-state index contributed by atoms with van der Waals surface area (Å²) in [6.45, 7) is 6.00. The lowest BCUT2D eigenvalue weighted by atomic mass is 10.1. The summed E-state index contributed by atoms with van der Waals surface area (Å²) in [6, 6.07) is 8.43. The topological polar surface area (TPSA) is 55.1 Å². The van der Waals surface area contributed by atoms with Gasteiger partial charge in [0.15, 0.2) is 0 Å². The smallest absolute Gasteiger partial charge is 0.230 e. The van der Waals surface area contributed by atoms with Gasteiger partial charge in [0.25, 0.3) is 0 Å². The Morgan fingerprint density at radius 2 is 1.94 bits per heavy atom. The monoisotopic (exact) mass is 266 g/mol. The molecule has 1 aromatic rings. The van der Waals surface area contributed by atoms with Gasteiger partial charge in [-0.05, 0) is 38.0 Å². The van der Waals surface area contributed by atoms with E-state index in [9.17, 15) is 4.79 Å². The van der Waals surface area contributed by atoms with E-state index in [-0.39, 0.29) is 18.0 Å². The molecule has 0 spiro atoms. The van der Waals surface area contributed by atoms with E-state index in [4.69, 9.17) is 5.73 Å². The average molecular weight is 266 g/mol. The number of nitrogens with two attached hydrogens (primary N) is 1. The summed E-state index contributed by atoms with van der Waals surface area (Å²) in [5.41, 5.74) is 7.10. The fraction of sp³-hybridized carbons (Fsp3) is 0.500. The van der Waals surface area contributed by atoms with Gasteiger partial charge in [-0.25, -0.2) is 0 Å². The van der Waals surface area contributed by atoms with Crippen molar-refractivity contribution in [3.63, 3.8) is 0 Å². The predicted molar refractivity (Wildman–Crippen MR) is 77.7 cm³/mol. The van der Waals surface area contributed by atoms with Crippen molar-refractivity contribution in [3.05, 3.63) is 29.8 Å². The maximum absolute atomic E-state index is 11.5. The molecular formula is C14H22N2OS. The Hall–Kier alpha value is -1.00. The number of hydrogen-bond acceptors (Lipinski definition) is 3. The van der Waals surface area contributed by atoms with Crippen LogP contribution in [0.3, 0.4) is 0 Å². The first-order chi connectivity index (χ1) is 8.52. The van der Waals surface area contributed by atoms with Crippen molar-refractivity contribution >= 4 is 17.7 Å². The molecule has 100 valence electrons. The number of thioether (sulfide) groups is 1. The molecule has 1 aromatic carbocycles. The Morgan fingerprint density at radius 1 is 1.33 bits per heavy atom. The molecule has 0 saturated carbocycles. The highest BCUT2D eigenvalue weighted by molar-refractivity contribution is 8.00. The summed E-state index contributed by atoms with van der Waals surface area (Å²) in [7, 11) is 0. The third kappa shape index (κ3) is 5.10. The lowest BCUT2D eigenvalue weighted by Gasteiger charge is -2.10. The van der Waals surface area contributed by atoms with Crippen molar-refractivity contribution in [2.75, 3.05) is 5.75 Å². The minimum absolute atomic E-state index is 0.0735. The van der Waals surface area contributed by atoms with Gasteiger partial charge in [-0.2, -0.15) is 0 Å². The molecule has 0 aromatic heterocycles. The largest absolute Gasteiger partial charge is 0.353 e. The number of benzene rings is 1. The van der Waals surface area contributed by atoms with E-state index in [2.05, 4.69) is 12.2 Å². The third-order valence-electron chi connectivity index (χ3n) is 2.57. The van der Waals surface area contributed by atoms with Crippen molar-refractivity contribution in [1.82, 2.24) is 5.32 Å². The van der Waals surface area contributed by atoms with Crippen molar-refractivity contribution in [2.45, 2.75) is 44.2 Å². The van der Waals surface area contributed by atoms with Crippen LogP contribution in [0.5, 0.6) is 0 Å². The Balaban J connectivity index is 2.46. The van der Waals surface area contributed by atoms with E-state index >= 15 is 0 Å². The number of amides is 1. The summed E-state index contributed by atoms with van der Waals surface area (Å²) in [6.07, 6.45) is 0.934. The quantitative estimate of drug-likeness (QED) is 0.778. The zero-order valence-electron chi connectivity index (χ0n) is 11.3. The minimum Gasteiger partial charge on any atom is -0.353 e. The van der Waals surface area contributed by atoms with Crippen LogP contribution >= 0.6 is 11.8 Å². The van der Waals surface area contributed by atoms with Gasteiger partial charge in [-0.1, -0.05) is 19.1 Å². The van der Waals surface area contributed by atoms with E-state index in [0.717, 1.165) is 16.9 Å². The van der Waals surface area contributed by atoms with Gasteiger partial charge in [0.2, 0.25) is 5.91 Å². The predicted octanol–water partition coefficient (Wildman–Crippen LogP) is 2.71. The lowest BCUT2D eigenvalue weighted by molar-refractivity contribution is -0.119. The van der Waals surface area contributed by atoms with Crippen LogP contribution in [0.1, 0.15) is 38.8 Å². The third-order valence-corrected chi connectivity index (χ3v) is 3.58. The second-order valence-corrected chi connectivity index (χ2v) is 5.64. The molecular weight excluding hydrogens is 244 g/mol. The Labute approximate surface area is 114 Å². The molecule has 0 aliphatic rings. The highest BCUT2D eigenvalue weighted by Crippen LogP contribution is 2.21. The Morgan fingerprint density at radius 3 is 2.44 bits per heavy atom. The summed E-state index contributed by atoms with van der Waals surface area (Å²) in [5, 5.41) is 2.87. The molecule has 4 heteroatoms. The molecule has 0 aliphatic carbocycles. The SMILES string of the molecule is CC[C@H](N)c1ccc(SCC(=O)NC(C)C)cc1. The normalized spacial score (nSPS) is 12.5. The molecule has 0 bridgehead atoms. The summed E-state index contributed by atoms with van der Waals surface area (Å²) < 4.78 is 0. The van der Waals surface area contributed by atoms with Crippen LogP contribution in [0.25, 0.3) is 0 Å². The molecule has 0 heterocycles. The van der Waals surface area contributed by atoms with Crippen LogP contribution in [0.4, 0.5) is 0 Å². The average Bonchev–Trinajstić information content (AvgIpc) is 2.35. The maximum Gasteiger partial charge on any atom is 0.230 e. The highest BCUT2D eigenvalue weighted by Gasteiger charge is 2.06. The first-order valence-corrected chi connectivity index (χ1v) is 7.29. The number of carbonyl (C=O) groups is 1. The van der Waals surface area contributed by atoms with Crippen LogP contribution < -0.4 is 11.1 Å². The molecule has 1 atom stereocenters. The molecule has 1 rings (SSSR count). The summed E-state index contributed by atoms with van der Waals surface area (Å²) in [4.78, 5) is 12.6. The van der Waals surface area contributed by atoms with E-state index in [1.807, 2.05) is 38.1 Å². The van der Waals surface area contributed by atoms with Crippen LogP contribution in [0.2, 0.25) is 0 Å². The van der Waals surface area contributed by atoms with Crippen LogP contribution in [-0.4, -0.2) is 17.7 Å². The van der Waals surface area contributed by atoms with Crippen molar-refractivity contribution in [1.29, 1.82) is 0 Å². The molecule has 1 amide bonds. The standard InChI is InChI=1S/C14H22N2OS/c1-4-13(15)11-5-7-12(8-6-11)18-9-14(17)16-10(2)3/h5-8,10,13H,4,9,15H2,1-3H3,(H,16,17)/t13-/m0/s1. The number of hydrogen-bond donors (Lipinski definition) is 2. The molecule has 18 heavy (non-hydrogen) atoms. The van der Waals surface area contributed by atoms with E-state index < -0.39 is 0 Å². The maximum atomic E-state index is 11.5. The number of nitrogens with one attached hydrogen (secondary N) is 1. The summed E-state index contributed by atoms with van der Waals surface area (Å²) in [5.74, 6) is 0.529. The molecule has 0 saturated heterocycles. The van der Waals surface area contributed by atoms with Gasteiger partial charge in [0.05, 0.1) is 5.75 Å². The van der Waals surface area contributed by atoms with Gasteiger partial charge < -0.3 is 11.1 Å². The van der Waals surface area contributed by atoms with E-state index in [1.54, 1.807) is 11.8 Å². The number of rotatable bonds is 6. The van der Waals surface area contributed by atoms with Crippen molar-refractivity contribution in [3.8, 4) is 0 Å². The fourth-order valence-corrected chi connectivity index (χ4v) is 2.27. The van der Waals surface area contributed by atoms with Crippen LogP contribution in [-0.2, 0) is 4.79 Å². The van der Waals surface area contributed by atoms with Crippen LogP contribution in [0.15, 0.2) is 29.2 Å².